The van der Waals surface area contributed by atoms with Crippen LogP contribution in [0.5, 0.6) is 0 Å². The van der Waals surface area contributed by atoms with Crippen LogP contribution in [-0.4, -0.2) is 16.4 Å². The lowest BCUT2D eigenvalue weighted by molar-refractivity contribution is 0.0936. The fraction of sp³-hybridized carbons (Fsp3) is 0.538. The maximum absolute atomic E-state index is 12.2. The topological polar surface area (TPSA) is 55.1 Å². The minimum absolute atomic E-state index is 0.0767. The van der Waals surface area contributed by atoms with Gasteiger partial charge >= 0.3 is 0 Å². The Morgan fingerprint density at radius 1 is 1.44 bits per heavy atom. The zero-order chi connectivity index (χ0) is 13.3. The highest BCUT2D eigenvalue weighted by molar-refractivity contribution is 7.80. The summed E-state index contributed by atoms with van der Waals surface area (Å²) < 4.78 is 0. The van der Waals surface area contributed by atoms with E-state index >= 15 is 0 Å². The fourth-order valence-corrected chi connectivity index (χ4v) is 3.21. The first-order valence-corrected chi connectivity index (χ1v) is 7.36. The van der Waals surface area contributed by atoms with Crippen LogP contribution in [-0.2, 0) is 12.8 Å². The molecule has 3 nitrogen and oxygen atoms in total. The summed E-state index contributed by atoms with van der Waals surface area (Å²) >= 11 is 6.55. The first-order chi connectivity index (χ1) is 8.40. The van der Waals surface area contributed by atoms with Crippen molar-refractivity contribution in [3.05, 3.63) is 21.4 Å². The van der Waals surface area contributed by atoms with Gasteiger partial charge in [0.2, 0.25) is 0 Å². The first kappa shape index (κ1) is 13.5. The highest BCUT2D eigenvalue weighted by atomic mass is 32.1. The Labute approximate surface area is 117 Å². The standard InChI is InChI=1S/C13H18N2OS2/c1-13(2,12(14)17)15-11(16)10-7-8-5-3-4-6-9(8)18-10/h7H,3-6H2,1-2H3,(H2,14,17)(H,15,16). The van der Waals surface area contributed by atoms with Crippen molar-refractivity contribution in [1.29, 1.82) is 0 Å². The molecule has 3 N–H and O–H groups in total. The Morgan fingerprint density at radius 2 is 2.11 bits per heavy atom. The van der Waals surface area contributed by atoms with Crippen molar-refractivity contribution < 1.29 is 4.79 Å². The number of hydrogen-bond donors (Lipinski definition) is 2. The van der Waals surface area contributed by atoms with Crippen molar-refractivity contribution in [2.75, 3.05) is 0 Å². The summed E-state index contributed by atoms with van der Waals surface area (Å²) in [5, 5.41) is 2.89. The van der Waals surface area contributed by atoms with Crippen molar-refractivity contribution >= 4 is 34.5 Å². The number of thiocarbonyl (C=S) groups is 1. The second kappa shape index (κ2) is 4.97. The van der Waals surface area contributed by atoms with E-state index in [9.17, 15) is 4.79 Å². The number of amides is 1. The maximum atomic E-state index is 12.2. The second-order valence-corrected chi connectivity index (χ2v) is 6.79. The van der Waals surface area contributed by atoms with Crippen LogP contribution >= 0.6 is 23.6 Å². The van der Waals surface area contributed by atoms with Gasteiger partial charge in [-0.25, -0.2) is 0 Å². The van der Waals surface area contributed by atoms with Crippen LogP contribution in [0.4, 0.5) is 0 Å². The number of thiophene rings is 1. The molecule has 1 aliphatic rings. The molecule has 0 aliphatic heterocycles. The SMILES string of the molecule is CC(C)(NC(=O)c1cc2c(s1)CCCC2)C(N)=S. The lowest BCUT2D eigenvalue weighted by Crippen LogP contribution is -2.51. The summed E-state index contributed by atoms with van der Waals surface area (Å²) in [7, 11) is 0. The van der Waals surface area contributed by atoms with Gasteiger partial charge in [-0.2, -0.15) is 0 Å². The third kappa shape index (κ3) is 2.72. The highest BCUT2D eigenvalue weighted by Gasteiger charge is 2.26. The van der Waals surface area contributed by atoms with Gasteiger partial charge in [0.15, 0.2) is 0 Å². The van der Waals surface area contributed by atoms with Gasteiger partial charge < -0.3 is 11.1 Å². The van der Waals surface area contributed by atoms with Crippen molar-refractivity contribution in [3.63, 3.8) is 0 Å². The number of aryl methyl sites for hydroxylation is 2. The smallest absolute Gasteiger partial charge is 0.262 e. The molecule has 18 heavy (non-hydrogen) atoms. The third-order valence-corrected chi connectivity index (χ3v) is 5.01. The molecule has 0 saturated carbocycles. The van der Waals surface area contributed by atoms with Crippen LogP contribution in [0.25, 0.3) is 0 Å². The fourth-order valence-electron chi connectivity index (χ4n) is 2.01. The molecule has 5 heteroatoms. The molecule has 0 bridgehead atoms. The van der Waals surface area contributed by atoms with Crippen LogP contribution in [0.1, 0.15) is 46.8 Å². The van der Waals surface area contributed by atoms with E-state index in [1.807, 2.05) is 19.9 Å². The largest absolute Gasteiger partial charge is 0.391 e. The molecule has 0 spiro atoms. The number of nitrogens with two attached hydrogens (primary N) is 1. The predicted molar refractivity (Wildman–Crippen MR) is 79.3 cm³/mol. The van der Waals surface area contributed by atoms with Crippen molar-refractivity contribution in [1.82, 2.24) is 5.32 Å². The Bertz CT molecular complexity index is 468. The van der Waals surface area contributed by atoms with E-state index in [0.717, 1.165) is 17.7 Å². The average Bonchev–Trinajstić information content (AvgIpc) is 2.71. The van der Waals surface area contributed by atoms with E-state index in [-0.39, 0.29) is 5.91 Å². The molecule has 1 amide bonds. The molecular formula is C13H18N2OS2. The van der Waals surface area contributed by atoms with Gasteiger partial charge in [-0.1, -0.05) is 12.2 Å². The van der Waals surface area contributed by atoms with Crippen LogP contribution < -0.4 is 11.1 Å². The van der Waals surface area contributed by atoms with Gasteiger partial charge in [0.05, 0.1) is 15.4 Å². The number of carbonyl (C=O) groups excluding carboxylic acids is 1. The van der Waals surface area contributed by atoms with Crippen LogP contribution in [0, 0.1) is 0 Å². The van der Waals surface area contributed by atoms with E-state index in [0.29, 0.717) is 4.99 Å². The molecule has 98 valence electrons. The number of fused-ring (bicyclic) bond motifs is 1. The Kier molecular flexibility index (Phi) is 3.73. The van der Waals surface area contributed by atoms with E-state index in [1.165, 1.54) is 23.3 Å². The molecule has 0 saturated heterocycles. The zero-order valence-electron chi connectivity index (χ0n) is 10.7. The Morgan fingerprint density at radius 3 is 2.72 bits per heavy atom. The summed E-state index contributed by atoms with van der Waals surface area (Å²) in [5.41, 5.74) is 6.31. The van der Waals surface area contributed by atoms with Crippen molar-refractivity contribution in [3.8, 4) is 0 Å². The van der Waals surface area contributed by atoms with Crippen molar-refractivity contribution in [2.24, 2.45) is 5.73 Å². The second-order valence-electron chi connectivity index (χ2n) is 5.21. The van der Waals surface area contributed by atoms with Gasteiger partial charge in [-0.05, 0) is 51.2 Å². The molecular weight excluding hydrogens is 264 g/mol. The predicted octanol–water partition coefficient (Wildman–Crippen LogP) is 2.42. The quantitative estimate of drug-likeness (QED) is 0.837. The normalized spacial score (nSPS) is 15.0. The highest BCUT2D eigenvalue weighted by Crippen LogP contribution is 2.29. The summed E-state index contributed by atoms with van der Waals surface area (Å²) in [6.45, 7) is 3.64. The minimum atomic E-state index is -0.642. The number of hydrogen-bond acceptors (Lipinski definition) is 3. The molecule has 1 aliphatic carbocycles. The summed E-state index contributed by atoms with van der Waals surface area (Å²) in [4.78, 5) is 14.6. The van der Waals surface area contributed by atoms with Gasteiger partial charge in [0, 0.05) is 4.88 Å². The average molecular weight is 282 g/mol. The van der Waals surface area contributed by atoms with Gasteiger partial charge in [-0.15, -0.1) is 11.3 Å². The Hall–Kier alpha value is -0.940. The minimum Gasteiger partial charge on any atom is -0.391 e. The number of nitrogens with one attached hydrogen (secondary N) is 1. The molecule has 0 radical (unpaired) electrons. The molecule has 1 heterocycles. The number of carbonyl (C=O) groups is 1. The van der Waals surface area contributed by atoms with E-state index in [1.54, 1.807) is 11.3 Å². The first-order valence-electron chi connectivity index (χ1n) is 6.14. The third-order valence-electron chi connectivity index (χ3n) is 3.26. The van der Waals surface area contributed by atoms with E-state index in [4.69, 9.17) is 18.0 Å². The van der Waals surface area contributed by atoms with Crippen molar-refractivity contribution in [2.45, 2.75) is 45.1 Å². The summed E-state index contributed by atoms with van der Waals surface area (Å²) in [6.07, 6.45) is 4.65. The molecule has 1 aromatic heterocycles. The monoisotopic (exact) mass is 282 g/mol. The lowest BCUT2D eigenvalue weighted by atomic mass is 9.99. The van der Waals surface area contributed by atoms with Crippen LogP contribution in [0.15, 0.2) is 6.07 Å². The summed E-state index contributed by atoms with van der Waals surface area (Å²) in [5.74, 6) is -0.0767. The molecule has 2 rings (SSSR count). The number of rotatable bonds is 3. The lowest BCUT2D eigenvalue weighted by Gasteiger charge is -2.24. The molecule has 1 aromatic rings. The van der Waals surface area contributed by atoms with Gasteiger partial charge in [0.25, 0.3) is 5.91 Å². The van der Waals surface area contributed by atoms with Crippen LogP contribution in [0.2, 0.25) is 0 Å². The van der Waals surface area contributed by atoms with E-state index < -0.39 is 5.54 Å². The van der Waals surface area contributed by atoms with Gasteiger partial charge in [-0.3, -0.25) is 4.79 Å². The molecule has 0 atom stereocenters. The maximum Gasteiger partial charge on any atom is 0.262 e. The van der Waals surface area contributed by atoms with Crippen LogP contribution in [0.3, 0.4) is 0 Å². The molecule has 0 unspecified atom stereocenters. The summed E-state index contributed by atoms with van der Waals surface area (Å²) in [6, 6.07) is 2.02. The van der Waals surface area contributed by atoms with Gasteiger partial charge in [0.1, 0.15) is 0 Å². The molecule has 0 fully saturated rings. The van der Waals surface area contributed by atoms with E-state index in [2.05, 4.69) is 5.32 Å². The zero-order valence-corrected chi connectivity index (χ0v) is 12.3. The Balaban J connectivity index is 2.14. The molecule has 0 aromatic carbocycles.